The van der Waals surface area contributed by atoms with E-state index in [0.29, 0.717) is 16.7 Å². The van der Waals surface area contributed by atoms with Crippen LogP contribution in [0.4, 0.5) is 0 Å². The molecule has 2 nitrogen and oxygen atoms in total. The molecule has 0 fully saturated rings. The molecule has 3 aromatic carbocycles. The molecule has 0 radical (unpaired) electrons. The molecule has 4 heteroatoms. The predicted molar refractivity (Wildman–Crippen MR) is 116 cm³/mol. The molecule has 0 saturated heterocycles. The average Bonchev–Trinajstić information content (AvgIpc) is 2.67. The van der Waals surface area contributed by atoms with Crippen molar-refractivity contribution in [3.8, 4) is 5.75 Å². The van der Waals surface area contributed by atoms with Crippen LogP contribution in [0.1, 0.15) is 38.3 Å². The lowest BCUT2D eigenvalue weighted by atomic mass is 9.99. The Labute approximate surface area is 171 Å². The van der Waals surface area contributed by atoms with Crippen molar-refractivity contribution in [3.05, 3.63) is 75.8 Å². The van der Waals surface area contributed by atoms with E-state index in [0.717, 1.165) is 24.3 Å². The molecule has 3 aromatic rings. The maximum atomic E-state index is 6.18. The summed E-state index contributed by atoms with van der Waals surface area (Å²) >= 11 is 12.1. The zero-order valence-electron chi connectivity index (χ0n) is 16.0. The number of benzene rings is 3. The standard InChI is InChI=1S/C23H25Cl2NO/c1-4-23(2,3)26-14-19-18-8-6-5-7-17(18)10-12-22(19)27-15-16-9-11-20(24)21(25)13-16/h5-13,26H,4,14-15H2,1-3H3. The Morgan fingerprint density at radius 3 is 2.48 bits per heavy atom. The van der Waals surface area contributed by atoms with Gasteiger partial charge in [-0.25, -0.2) is 0 Å². The lowest BCUT2D eigenvalue weighted by Crippen LogP contribution is -2.37. The number of rotatable bonds is 7. The van der Waals surface area contributed by atoms with Crippen LogP contribution in [0.2, 0.25) is 10.0 Å². The van der Waals surface area contributed by atoms with E-state index in [1.54, 1.807) is 6.07 Å². The van der Waals surface area contributed by atoms with Gasteiger partial charge in [0.15, 0.2) is 0 Å². The second kappa shape index (κ2) is 8.52. The van der Waals surface area contributed by atoms with Crippen LogP contribution in [0.5, 0.6) is 5.75 Å². The lowest BCUT2D eigenvalue weighted by molar-refractivity contribution is 0.299. The minimum absolute atomic E-state index is 0.0674. The van der Waals surface area contributed by atoms with E-state index >= 15 is 0 Å². The van der Waals surface area contributed by atoms with Gasteiger partial charge in [-0.3, -0.25) is 0 Å². The van der Waals surface area contributed by atoms with Crippen LogP contribution in [-0.4, -0.2) is 5.54 Å². The van der Waals surface area contributed by atoms with E-state index in [4.69, 9.17) is 27.9 Å². The quantitative estimate of drug-likeness (QED) is 0.459. The Balaban J connectivity index is 1.89. The summed E-state index contributed by atoms with van der Waals surface area (Å²) in [6, 6.07) is 18.2. The first-order valence-electron chi connectivity index (χ1n) is 9.22. The molecule has 3 rings (SSSR count). The Bertz CT molecular complexity index is 937. The molecule has 0 unspecified atom stereocenters. The average molecular weight is 402 g/mol. The van der Waals surface area contributed by atoms with E-state index in [9.17, 15) is 0 Å². The van der Waals surface area contributed by atoms with Crippen molar-refractivity contribution in [1.82, 2.24) is 5.32 Å². The molecule has 0 aliphatic heterocycles. The van der Waals surface area contributed by atoms with Crippen molar-refractivity contribution in [1.29, 1.82) is 0 Å². The monoisotopic (exact) mass is 401 g/mol. The summed E-state index contributed by atoms with van der Waals surface area (Å²) in [5.74, 6) is 0.888. The fourth-order valence-corrected chi connectivity index (χ4v) is 3.20. The highest BCUT2D eigenvalue weighted by atomic mass is 35.5. The van der Waals surface area contributed by atoms with Gasteiger partial charge in [0.25, 0.3) is 0 Å². The van der Waals surface area contributed by atoms with E-state index in [1.165, 1.54) is 16.3 Å². The van der Waals surface area contributed by atoms with Gasteiger partial charge in [0.1, 0.15) is 12.4 Å². The highest BCUT2D eigenvalue weighted by Gasteiger charge is 2.16. The van der Waals surface area contributed by atoms with Gasteiger partial charge in [-0.1, -0.05) is 66.5 Å². The maximum absolute atomic E-state index is 6.18. The first kappa shape index (κ1) is 20.0. The van der Waals surface area contributed by atoms with Gasteiger partial charge in [0.05, 0.1) is 10.0 Å². The number of nitrogens with one attached hydrogen (secondary N) is 1. The lowest BCUT2D eigenvalue weighted by Gasteiger charge is -2.26. The topological polar surface area (TPSA) is 21.3 Å². The molecular formula is C23H25Cl2NO. The number of halogens is 2. The molecule has 0 aromatic heterocycles. The smallest absolute Gasteiger partial charge is 0.124 e. The second-order valence-electron chi connectivity index (χ2n) is 7.39. The van der Waals surface area contributed by atoms with Gasteiger partial charge in [-0.15, -0.1) is 0 Å². The van der Waals surface area contributed by atoms with Gasteiger partial charge in [-0.05, 0) is 54.8 Å². The Kier molecular flexibility index (Phi) is 6.31. The molecule has 0 heterocycles. The van der Waals surface area contributed by atoms with Crippen molar-refractivity contribution in [2.45, 2.75) is 45.9 Å². The van der Waals surface area contributed by atoms with E-state index < -0.39 is 0 Å². The van der Waals surface area contributed by atoms with Gasteiger partial charge in [-0.2, -0.15) is 0 Å². The third kappa shape index (κ3) is 4.95. The summed E-state index contributed by atoms with van der Waals surface area (Å²) < 4.78 is 6.18. The van der Waals surface area contributed by atoms with Crippen molar-refractivity contribution < 1.29 is 4.74 Å². The minimum atomic E-state index is 0.0674. The summed E-state index contributed by atoms with van der Waals surface area (Å²) in [6.07, 6.45) is 1.05. The number of hydrogen-bond donors (Lipinski definition) is 1. The van der Waals surface area contributed by atoms with Crippen LogP contribution in [0.3, 0.4) is 0 Å². The Hall–Kier alpha value is -1.74. The van der Waals surface area contributed by atoms with Crippen molar-refractivity contribution in [2.75, 3.05) is 0 Å². The van der Waals surface area contributed by atoms with Crippen LogP contribution in [0, 0.1) is 0 Å². The largest absolute Gasteiger partial charge is 0.489 e. The highest BCUT2D eigenvalue weighted by molar-refractivity contribution is 6.42. The summed E-state index contributed by atoms with van der Waals surface area (Å²) in [5, 5.41) is 7.18. The predicted octanol–water partition coefficient (Wildman–Crippen LogP) is 7.00. The number of fused-ring (bicyclic) bond motifs is 1. The number of hydrogen-bond acceptors (Lipinski definition) is 2. The minimum Gasteiger partial charge on any atom is -0.489 e. The summed E-state index contributed by atoms with van der Waals surface area (Å²) in [4.78, 5) is 0. The summed E-state index contributed by atoms with van der Waals surface area (Å²) in [6.45, 7) is 7.82. The van der Waals surface area contributed by atoms with Crippen LogP contribution in [0.25, 0.3) is 10.8 Å². The molecular weight excluding hydrogens is 377 g/mol. The van der Waals surface area contributed by atoms with E-state index in [2.05, 4.69) is 62.5 Å². The second-order valence-corrected chi connectivity index (χ2v) is 8.21. The fraction of sp³-hybridized carbons (Fsp3) is 0.304. The highest BCUT2D eigenvalue weighted by Crippen LogP contribution is 2.30. The molecule has 0 atom stereocenters. The molecule has 0 bridgehead atoms. The van der Waals surface area contributed by atoms with Crippen molar-refractivity contribution >= 4 is 34.0 Å². The molecule has 0 amide bonds. The molecule has 0 spiro atoms. The van der Waals surface area contributed by atoms with Crippen LogP contribution >= 0.6 is 23.2 Å². The molecule has 0 aliphatic carbocycles. The van der Waals surface area contributed by atoms with Gasteiger partial charge >= 0.3 is 0 Å². The molecule has 0 aliphatic rings. The molecule has 0 saturated carbocycles. The molecule has 27 heavy (non-hydrogen) atoms. The zero-order valence-corrected chi connectivity index (χ0v) is 17.5. The van der Waals surface area contributed by atoms with Crippen molar-refractivity contribution in [2.24, 2.45) is 0 Å². The number of ether oxygens (including phenoxy) is 1. The third-order valence-electron chi connectivity index (χ3n) is 5.00. The van der Waals surface area contributed by atoms with Crippen LogP contribution < -0.4 is 10.1 Å². The third-order valence-corrected chi connectivity index (χ3v) is 5.74. The maximum Gasteiger partial charge on any atom is 0.124 e. The normalized spacial score (nSPS) is 11.7. The van der Waals surface area contributed by atoms with Gasteiger partial charge < -0.3 is 10.1 Å². The molecule has 1 N–H and O–H groups in total. The van der Waals surface area contributed by atoms with E-state index in [-0.39, 0.29) is 5.54 Å². The van der Waals surface area contributed by atoms with Gasteiger partial charge in [0.2, 0.25) is 0 Å². The Morgan fingerprint density at radius 1 is 0.963 bits per heavy atom. The van der Waals surface area contributed by atoms with E-state index in [1.807, 2.05) is 12.1 Å². The summed E-state index contributed by atoms with van der Waals surface area (Å²) in [7, 11) is 0. The summed E-state index contributed by atoms with van der Waals surface area (Å²) in [5.41, 5.74) is 2.23. The van der Waals surface area contributed by atoms with Crippen molar-refractivity contribution in [3.63, 3.8) is 0 Å². The molecule has 142 valence electrons. The Morgan fingerprint density at radius 2 is 1.74 bits per heavy atom. The first-order valence-corrected chi connectivity index (χ1v) is 9.97. The fourth-order valence-electron chi connectivity index (χ4n) is 2.88. The van der Waals surface area contributed by atoms with Crippen LogP contribution in [-0.2, 0) is 13.2 Å². The SMILES string of the molecule is CCC(C)(C)NCc1c(OCc2ccc(Cl)c(Cl)c2)ccc2ccccc12. The van der Waals surface area contributed by atoms with Gasteiger partial charge in [0, 0.05) is 17.6 Å². The van der Waals surface area contributed by atoms with Crippen LogP contribution in [0.15, 0.2) is 54.6 Å². The first-order chi connectivity index (χ1) is 12.9. The zero-order chi connectivity index (χ0) is 19.4.